The van der Waals surface area contributed by atoms with E-state index in [1.165, 1.54) is 119 Å². The van der Waals surface area contributed by atoms with Crippen molar-refractivity contribution in [3.05, 3.63) is 230 Å². The Bertz CT molecular complexity index is 3790. The molecule has 3 aliphatic rings. The van der Waals surface area contributed by atoms with E-state index in [-0.39, 0.29) is 5.41 Å². The number of hydrogen-bond acceptors (Lipinski definition) is 4. The molecule has 11 aromatic carbocycles. The van der Waals surface area contributed by atoms with Crippen molar-refractivity contribution in [3.8, 4) is 33.4 Å². The summed E-state index contributed by atoms with van der Waals surface area (Å²) in [5, 5.41) is 7.40. The first-order valence-corrected chi connectivity index (χ1v) is 24.7. The SMILES string of the molecule is CC1(C)c2ccccc2-c2cccc(-c3c4ccc(N5c6ccccc6Sc6ccccc65)cc4c(-c4ccc5ccccc5c4)c4ccc(N5c6ccccc6Sc6ccccc65)cc34)c21. The quantitative estimate of drug-likeness (QED) is 0.162. The van der Waals surface area contributed by atoms with Crippen molar-refractivity contribution in [1.29, 1.82) is 0 Å². The molecule has 67 heavy (non-hydrogen) atoms. The minimum atomic E-state index is -0.226. The molecule has 2 nitrogen and oxygen atoms in total. The van der Waals surface area contributed by atoms with E-state index in [0.29, 0.717) is 0 Å². The predicted octanol–water partition coefficient (Wildman–Crippen LogP) is 18.7. The molecule has 4 heteroatoms. The summed E-state index contributed by atoms with van der Waals surface area (Å²) < 4.78 is 0. The molecule has 0 saturated heterocycles. The minimum absolute atomic E-state index is 0.226. The summed E-state index contributed by atoms with van der Waals surface area (Å²) in [4.78, 5) is 9.97. The molecule has 0 fully saturated rings. The highest BCUT2D eigenvalue weighted by atomic mass is 32.2. The van der Waals surface area contributed by atoms with Crippen LogP contribution in [0, 0.1) is 0 Å². The zero-order chi connectivity index (χ0) is 44.4. The Kier molecular flexibility index (Phi) is 8.53. The molecule has 0 amide bonds. The van der Waals surface area contributed by atoms with Crippen molar-refractivity contribution in [2.45, 2.75) is 38.8 Å². The Labute approximate surface area is 399 Å². The van der Waals surface area contributed by atoms with E-state index in [9.17, 15) is 0 Å². The van der Waals surface area contributed by atoms with Crippen LogP contribution in [0.15, 0.2) is 238 Å². The minimum Gasteiger partial charge on any atom is -0.308 e. The first kappa shape index (κ1) is 38.7. The third-order valence-electron chi connectivity index (χ3n) is 14.4. The number of para-hydroxylation sites is 4. The van der Waals surface area contributed by atoms with Crippen molar-refractivity contribution < 1.29 is 0 Å². The number of fused-ring (bicyclic) bond motifs is 10. The van der Waals surface area contributed by atoms with Gasteiger partial charge in [-0.15, -0.1) is 0 Å². The third kappa shape index (κ3) is 5.80. The Morgan fingerprint density at radius 1 is 0.343 bits per heavy atom. The second kappa shape index (κ2) is 14.8. The number of hydrogen-bond donors (Lipinski definition) is 0. The summed E-state index contributed by atoms with van der Waals surface area (Å²) in [7, 11) is 0. The molecule has 0 unspecified atom stereocenters. The summed E-state index contributed by atoms with van der Waals surface area (Å²) in [6.07, 6.45) is 0. The standard InChI is InChI=1S/C63H42N2S2/c1-63(2)51-21-6-5-18-44(51)47-19-15-20-48(62(47)63)61-46-35-33-42(64-52-22-7-11-26-56(52)66-57-27-12-8-23-53(57)64)37-49(46)60(41-31-30-39-16-3-4-17-40(39)36-41)45-34-32-43(38-50(45)61)65-54-24-9-13-28-58(54)67-59-29-14-10-25-55(59)65/h3-38H,1-2H3. The van der Waals surface area contributed by atoms with Gasteiger partial charge in [0.15, 0.2) is 0 Å². The van der Waals surface area contributed by atoms with Crippen LogP contribution in [0.2, 0.25) is 0 Å². The van der Waals surface area contributed by atoms with E-state index >= 15 is 0 Å². The van der Waals surface area contributed by atoms with Gasteiger partial charge in [-0.1, -0.05) is 177 Å². The van der Waals surface area contributed by atoms with E-state index in [1.807, 2.05) is 23.5 Å². The summed E-state index contributed by atoms with van der Waals surface area (Å²) in [6, 6.07) is 81.8. The summed E-state index contributed by atoms with van der Waals surface area (Å²) in [5.41, 5.74) is 17.3. The van der Waals surface area contributed by atoms with Crippen LogP contribution in [0.25, 0.3) is 65.7 Å². The molecule has 0 radical (unpaired) electrons. The molecule has 2 aliphatic heterocycles. The van der Waals surface area contributed by atoms with Gasteiger partial charge in [-0.05, 0) is 156 Å². The van der Waals surface area contributed by atoms with Gasteiger partial charge in [0.1, 0.15) is 0 Å². The second-order valence-corrected chi connectivity index (χ2v) is 20.6. The van der Waals surface area contributed by atoms with Crippen molar-refractivity contribution in [2.75, 3.05) is 9.80 Å². The number of nitrogens with zero attached hydrogens (tertiary/aromatic N) is 2. The van der Waals surface area contributed by atoms with Crippen LogP contribution in [0.3, 0.4) is 0 Å². The molecule has 11 aromatic rings. The van der Waals surface area contributed by atoms with Crippen LogP contribution in [-0.4, -0.2) is 0 Å². The van der Waals surface area contributed by atoms with Gasteiger partial charge in [0.25, 0.3) is 0 Å². The first-order chi connectivity index (χ1) is 33.0. The lowest BCUT2D eigenvalue weighted by atomic mass is 9.76. The smallest absolute Gasteiger partial charge is 0.0601 e. The second-order valence-electron chi connectivity index (χ2n) is 18.4. The van der Waals surface area contributed by atoms with Gasteiger partial charge in [0.05, 0.1) is 22.7 Å². The molecular formula is C63H42N2S2. The van der Waals surface area contributed by atoms with Gasteiger partial charge in [-0.2, -0.15) is 0 Å². The van der Waals surface area contributed by atoms with Crippen LogP contribution in [0.4, 0.5) is 34.1 Å². The largest absolute Gasteiger partial charge is 0.308 e. The highest BCUT2D eigenvalue weighted by Gasteiger charge is 2.38. The zero-order valence-electron chi connectivity index (χ0n) is 37.0. The summed E-state index contributed by atoms with van der Waals surface area (Å²) >= 11 is 3.70. The van der Waals surface area contributed by atoms with E-state index in [1.54, 1.807) is 0 Å². The first-order valence-electron chi connectivity index (χ1n) is 23.1. The van der Waals surface area contributed by atoms with Crippen LogP contribution >= 0.6 is 23.5 Å². The van der Waals surface area contributed by atoms with Gasteiger partial charge >= 0.3 is 0 Å². The third-order valence-corrected chi connectivity index (χ3v) is 16.6. The van der Waals surface area contributed by atoms with Gasteiger partial charge < -0.3 is 9.80 Å². The average molecular weight is 891 g/mol. The molecule has 0 spiro atoms. The summed E-state index contributed by atoms with van der Waals surface area (Å²) in [6.45, 7) is 4.84. The lowest BCUT2D eigenvalue weighted by Gasteiger charge is -2.34. The van der Waals surface area contributed by atoms with Crippen molar-refractivity contribution >= 4 is 90.0 Å². The molecule has 0 N–H and O–H groups in total. The van der Waals surface area contributed by atoms with Crippen LogP contribution in [0.5, 0.6) is 0 Å². The zero-order valence-corrected chi connectivity index (χ0v) is 38.6. The molecule has 2 heterocycles. The van der Waals surface area contributed by atoms with E-state index in [4.69, 9.17) is 0 Å². The predicted molar refractivity (Wildman–Crippen MR) is 285 cm³/mol. The van der Waals surface area contributed by atoms with Gasteiger partial charge in [-0.3, -0.25) is 0 Å². The van der Waals surface area contributed by atoms with Crippen molar-refractivity contribution in [2.24, 2.45) is 0 Å². The maximum atomic E-state index is 2.49. The molecule has 0 atom stereocenters. The molecule has 0 aromatic heterocycles. The van der Waals surface area contributed by atoms with Crippen LogP contribution < -0.4 is 9.80 Å². The van der Waals surface area contributed by atoms with E-state index in [2.05, 4.69) is 242 Å². The Balaban J connectivity index is 1.13. The Morgan fingerprint density at radius 3 is 1.40 bits per heavy atom. The van der Waals surface area contributed by atoms with Crippen LogP contribution in [0.1, 0.15) is 25.0 Å². The molecule has 14 rings (SSSR count). The highest BCUT2D eigenvalue weighted by Crippen LogP contribution is 2.58. The lowest BCUT2D eigenvalue weighted by molar-refractivity contribution is 0.662. The van der Waals surface area contributed by atoms with Crippen molar-refractivity contribution in [1.82, 2.24) is 0 Å². The highest BCUT2D eigenvalue weighted by molar-refractivity contribution is 8.00. The fourth-order valence-electron chi connectivity index (χ4n) is 11.5. The van der Waals surface area contributed by atoms with Gasteiger partial charge in [0.2, 0.25) is 0 Å². The van der Waals surface area contributed by atoms with Crippen LogP contribution in [-0.2, 0) is 5.41 Å². The van der Waals surface area contributed by atoms with Gasteiger partial charge in [0, 0.05) is 36.4 Å². The number of anilines is 6. The number of rotatable bonds is 4. The Morgan fingerprint density at radius 2 is 0.806 bits per heavy atom. The topological polar surface area (TPSA) is 6.48 Å². The maximum absolute atomic E-state index is 2.49. The van der Waals surface area contributed by atoms with Crippen molar-refractivity contribution in [3.63, 3.8) is 0 Å². The lowest BCUT2D eigenvalue weighted by Crippen LogP contribution is -2.16. The average Bonchev–Trinajstić information content (AvgIpc) is 3.61. The number of benzene rings is 11. The molecule has 0 saturated carbocycles. The van der Waals surface area contributed by atoms with Gasteiger partial charge in [-0.25, -0.2) is 0 Å². The molecule has 1 aliphatic carbocycles. The summed E-state index contributed by atoms with van der Waals surface area (Å²) in [5.74, 6) is 0. The molecule has 0 bridgehead atoms. The molecular weight excluding hydrogens is 849 g/mol. The fourth-order valence-corrected chi connectivity index (χ4v) is 13.6. The van der Waals surface area contributed by atoms with E-state index < -0.39 is 0 Å². The fraction of sp³-hybridized carbons (Fsp3) is 0.0476. The van der Waals surface area contributed by atoms with E-state index in [0.717, 1.165) is 11.4 Å². The Hall–Kier alpha value is -7.50. The normalized spacial score (nSPS) is 14.1. The maximum Gasteiger partial charge on any atom is 0.0601 e. The molecule has 316 valence electrons. The monoisotopic (exact) mass is 890 g/mol.